The first kappa shape index (κ1) is 26.5. The van der Waals surface area contributed by atoms with Crippen molar-refractivity contribution in [2.45, 2.75) is 52.1 Å². The minimum absolute atomic E-state index is 0.0261. The van der Waals surface area contributed by atoms with Gasteiger partial charge in [-0.15, -0.1) is 11.3 Å². The summed E-state index contributed by atoms with van der Waals surface area (Å²) < 4.78 is 5.18. The number of carbonyl (C=O) groups is 2. The molecule has 1 aliphatic heterocycles. The fraction of sp³-hybridized carbons (Fsp3) is 0.607. The molecule has 0 bridgehead atoms. The van der Waals surface area contributed by atoms with Crippen LogP contribution >= 0.6 is 23.1 Å². The maximum atomic E-state index is 13.3. The number of carbonyl (C=O) groups excluding carboxylic acids is 2. The van der Waals surface area contributed by atoms with Crippen LogP contribution in [-0.2, 0) is 11.2 Å². The van der Waals surface area contributed by atoms with Gasteiger partial charge in [-0.05, 0) is 60.8 Å². The number of aliphatic hydroxyl groups excluding tert-OH is 1. The Morgan fingerprint density at radius 1 is 1.24 bits per heavy atom. The molecular formula is C28H37N3O4S2. The monoisotopic (exact) mass is 543 g/mol. The third-order valence-electron chi connectivity index (χ3n) is 8.85. The quantitative estimate of drug-likeness (QED) is 0.570. The zero-order valence-corrected chi connectivity index (χ0v) is 23.7. The van der Waals surface area contributed by atoms with Gasteiger partial charge < -0.3 is 14.7 Å². The molecule has 2 N–H and O–H groups in total. The summed E-state index contributed by atoms with van der Waals surface area (Å²) in [4.78, 5) is 34.1. The Morgan fingerprint density at radius 2 is 1.95 bits per heavy atom. The van der Waals surface area contributed by atoms with Crippen LogP contribution in [0.1, 0.15) is 60.5 Å². The molecule has 5 rings (SSSR count). The van der Waals surface area contributed by atoms with E-state index in [0.717, 1.165) is 49.6 Å². The van der Waals surface area contributed by atoms with Crippen LogP contribution in [0.2, 0.25) is 0 Å². The molecule has 0 radical (unpaired) electrons. The molecule has 6 atom stereocenters. The van der Waals surface area contributed by atoms with Crippen molar-refractivity contribution in [2.75, 3.05) is 37.0 Å². The average molecular weight is 544 g/mol. The third kappa shape index (κ3) is 5.02. The Balaban J connectivity index is 1.32. The van der Waals surface area contributed by atoms with Gasteiger partial charge in [-0.3, -0.25) is 14.9 Å². The number of nitrogens with zero attached hydrogens (tertiary/aromatic N) is 2. The summed E-state index contributed by atoms with van der Waals surface area (Å²) in [7, 11) is 1.60. The second kappa shape index (κ2) is 10.6. The molecule has 2 heterocycles. The fourth-order valence-corrected chi connectivity index (χ4v) is 8.93. The van der Waals surface area contributed by atoms with E-state index >= 15 is 0 Å². The lowest BCUT2D eigenvalue weighted by molar-refractivity contribution is -0.144. The summed E-state index contributed by atoms with van der Waals surface area (Å²) >= 11 is 3.44. The Morgan fingerprint density at radius 3 is 2.62 bits per heavy atom. The number of thiazole rings is 1. The highest BCUT2D eigenvalue weighted by Crippen LogP contribution is 2.57. The number of ether oxygens (including phenoxy) is 1. The van der Waals surface area contributed by atoms with E-state index in [0.29, 0.717) is 16.4 Å². The van der Waals surface area contributed by atoms with Crippen LogP contribution in [-0.4, -0.2) is 64.6 Å². The van der Waals surface area contributed by atoms with E-state index in [1.54, 1.807) is 42.7 Å². The van der Waals surface area contributed by atoms with E-state index in [1.807, 2.05) is 23.6 Å². The summed E-state index contributed by atoms with van der Waals surface area (Å²) in [6.07, 6.45) is 2.11. The number of methoxy groups -OCH3 is 1. The van der Waals surface area contributed by atoms with Crippen molar-refractivity contribution < 1.29 is 19.4 Å². The van der Waals surface area contributed by atoms with Crippen LogP contribution in [0.3, 0.4) is 0 Å². The summed E-state index contributed by atoms with van der Waals surface area (Å²) in [5.41, 5.74) is 1.47. The van der Waals surface area contributed by atoms with Gasteiger partial charge >= 0.3 is 0 Å². The number of fused-ring (bicyclic) bond motifs is 2. The molecule has 6 unspecified atom stereocenters. The molecule has 7 nitrogen and oxygen atoms in total. The Kier molecular flexibility index (Phi) is 7.58. The van der Waals surface area contributed by atoms with Crippen molar-refractivity contribution in [3.8, 4) is 5.75 Å². The molecule has 1 aromatic carbocycles. The van der Waals surface area contributed by atoms with Gasteiger partial charge in [0.25, 0.3) is 5.91 Å². The van der Waals surface area contributed by atoms with Crippen molar-refractivity contribution in [3.05, 3.63) is 40.4 Å². The Labute approximate surface area is 227 Å². The minimum Gasteiger partial charge on any atom is -0.497 e. The SMILES string of the molecule is COc1ccc(C(=O)Nc2nc3c(s2)CC2(C)CCC(C(C)C(=O)N4CCSCC4)C(O)C2C3C)cc1. The molecule has 9 heteroatoms. The van der Waals surface area contributed by atoms with E-state index in [4.69, 9.17) is 9.72 Å². The second-order valence-corrected chi connectivity index (χ2v) is 13.4. The molecule has 37 heavy (non-hydrogen) atoms. The van der Waals surface area contributed by atoms with Crippen molar-refractivity contribution in [1.29, 1.82) is 0 Å². The maximum Gasteiger partial charge on any atom is 0.257 e. The summed E-state index contributed by atoms with van der Waals surface area (Å²) in [5.74, 6) is 2.52. The van der Waals surface area contributed by atoms with Gasteiger partial charge in [0.1, 0.15) is 5.75 Å². The molecular weight excluding hydrogens is 506 g/mol. The molecule has 0 spiro atoms. The Hall–Kier alpha value is -2.10. The summed E-state index contributed by atoms with van der Waals surface area (Å²) in [5, 5.41) is 15.3. The predicted octanol–water partition coefficient (Wildman–Crippen LogP) is 4.67. The van der Waals surface area contributed by atoms with E-state index in [1.165, 1.54) is 4.88 Å². The molecule has 200 valence electrons. The number of hydrogen-bond donors (Lipinski definition) is 2. The van der Waals surface area contributed by atoms with Crippen LogP contribution in [0.4, 0.5) is 5.13 Å². The maximum absolute atomic E-state index is 13.3. The van der Waals surface area contributed by atoms with E-state index < -0.39 is 6.10 Å². The zero-order valence-electron chi connectivity index (χ0n) is 22.0. The second-order valence-electron chi connectivity index (χ2n) is 11.1. The van der Waals surface area contributed by atoms with Crippen molar-refractivity contribution >= 4 is 40.0 Å². The van der Waals surface area contributed by atoms with Gasteiger partial charge in [0.05, 0.1) is 18.9 Å². The lowest BCUT2D eigenvalue weighted by Crippen LogP contribution is -2.54. The van der Waals surface area contributed by atoms with Gasteiger partial charge in [-0.25, -0.2) is 4.98 Å². The fourth-order valence-electron chi connectivity index (χ4n) is 6.77. The van der Waals surface area contributed by atoms with E-state index in [2.05, 4.69) is 19.2 Å². The van der Waals surface area contributed by atoms with Crippen LogP contribution in [0.15, 0.2) is 24.3 Å². The number of amides is 2. The summed E-state index contributed by atoms with van der Waals surface area (Å²) in [6, 6.07) is 7.01. The molecule has 1 saturated heterocycles. The molecule has 1 aromatic heterocycles. The first-order valence-electron chi connectivity index (χ1n) is 13.2. The number of anilines is 1. The topological polar surface area (TPSA) is 91.8 Å². The smallest absolute Gasteiger partial charge is 0.257 e. The highest BCUT2D eigenvalue weighted by molar-refractivity contribution is 7.99. The van der Waals surface area contributed by atoms with Gasteiger partial charge in [0.15, 0.2) is 5.13 Å². The number of thioether (sulfide) groups is 1. The van der Waals surface area contributed by atoms with Crippen LogP contribution in [0.5, 0.6) is 5.75 Å². The highest BCUT2D eigenvalue weighted by Gasteiger charge is 2.54. The molecule has 1 saturated carbocycles. The standard InChI is InChI=1S/C28H37N3O4S2/c1-16(26(34)31-11-13-36-14-12-31)20-9-10-28(3)15-21-23(17(2)22(28)24(20)32)29-27(37-21)30-25(33)18-5-7-19(35-4)8-6-18/h5-8,16-17,20,22,24,32H,9-15H2,1-4H3,(H,29,30,33). The van der Waals surface area contributed by atoms with Crippen LogP contribution in [0, 0.1) is 23.2 Å². The molecule has 2 amide bonds. The largest absolute Gasteiger partial charge is 0.497 e. The first-order chi connectivity index (χ1) is 17.7. The number of aliphatic hydroxyl groups is 1. The van der Waals surface area contributed by atoms with Gasteiger partial charge in [-0.1, -0.05) is 20.8 Å². The van der Waals surface area contributed by atoms with Crippen molar-refractivity contribution in [1.82, 2.24) is 9.88 Å². The normalized spacial score (nSPS) is 30.1. The van der Waals surface area contributed by atoms with Crippen LogP contribution in [0.25, 0.3) is 0 Å². The van der Waals surface area contributed by atoms with E-state index in [-0.39, 0.29) is 40.9 Å². The van der Waals surface area contributed by atoms with Crippen molar-refractivity contribution in [3.63, 3.8) is 0 Å². The Bertz CT molecular complexity index is 1150. The average Bonchev–Trinajstić information content (AvgIpc) is 3.30. The van der Waals surface area contributed by atoms with Crippen molar-refractivity contribution in [2.24, 2.45) is 23.2 Å². The molecule has 2 aromatic rings. The lowest BCUT2D eigenvalue weighted by Gasteiger charge is -2.53. The molecule has 3 aliphatic rings. The van der Waals surface area contributed by atoms with Crippen LogP contribution < -0.4 is 10.1 Å². The first-order valence-corrected chi connectivity index (χ1v) is 15.2. The number of nitrogens with one attached hydrogen (secondary N) is 1. The van der Waals surface area contributed by atoms with Gasteiger partial charge in [0.2, 0.25) is 5.91 Å². The molecule has 2 fully saturated rings. The highest BCUT2D eigenvalue weighted by atomic mass is 32.2. The number of rotatable bonds is 5. The minimum atomic E-state index is -0.556. The third-order valence-corrected chi connectivity index (χ3v) is 10.8. The van der Waals surface area contributed by atoms with Gasteiger partial charge in [0, 0.05) is 46.9 Å². The molecule has 2 aliphatic carbocycles. The number of aromatic nitrogens is 1. The number of hydrogen-bond acceptors (Lipinski definition) is 7. The lowest BCUT2D eigenvalue weighted by atomic mass is 9.53. The zero-order chi connectivity index (χ0) is 26.3. The predicted molar refractivity (Wildman–Crippen MR) is 149 cm³/mol. The van der Waals surface area contributed by atoms with E-state index in [9.17, 15) is 14.7 Å². The summed E-state index contributed by atoms with van der Waals surface area (Å²) in [6.45, 7) is 8.05. The number of benzene rings is 1. The van der Waals surface area contributed by atoms with Gasteiger partial charge in [-0.2, -0.15) is 11.8 Å².